The first kappa shape index (κ1) is 12.6. The van der Waals surface area contributed by atoms with Crippen molar-refractivity contribution >= 4 is 21.6 Å². The summed E-state index contributed by atoms with van der Waals surface area (Å²) in [6.07, 6.45) is 0.900. The normalized spacial score (nSPS) is 22.8. The Morgan fingerprint density at radius 1 is 1.47 bits per heavy atom. The number of nitrogens with two attached hydrogens (primary N) is 1. The van der Waals surface area contributed by atoms with E-state index in [1.807, 2.05) is 22.9 Å². The first-order chi connectivity index (χ1) is 9.10. The Labute approximate surface area is 119 Å². The van der Waals surface area contributed by atoms with Crippen LogP contribution < -0.4 is 5.73 Å². The quantitative estimate of drug-likeness (QED) is 0.853. The van der Waals surface area contributed by atoms with Crippen molar-refractivity contribution < 1.29 is 4.74 Å². The fourth-order valence-corrected chi connectivity index (χ4v) is 2.48. The number of benzene rings is 1. The highest BCUT2D eigenvalue weighted by Crippen LogP contribution is 2.31. The Balaban J connectivity index is 2.06. The minimum absolute atomic E-state index is 0.194. The topological polar surface area (TPSA) is 78.9 Å². The fourth-order valence-electron chi connectivity index (χ4n) is 2.24. The van der Waals surface area contributed by atoms with Gasteiger partial charge in [0.1, 0.15) is 0 Å². The van der Waals surface area contributed by atoms with E-state index >= 15 is 0 Å². The van der Waals surface area contributed by atoms with E-state index in [-0.39, 0.29) is 5.54 Å². The molecule has 1 aliphatic rings. The van der Waals surface area contributed by atoms with Crippen LogP contribution in [0.1, 0.15) is 13.3 Å². The van der Waals surface area contributed by atoms with Gasteiger partial charge in [-0.3, -0.25) is 0 Å². The highest BCUT2D eigenvalue weighted by molar-refractivity contribution is 9.10. The molecule has 0 amide bonds. The summed E-state index contributed by atoms with van der Waals surface area (Å²) in [6, 6.07) is 5.71. The third kappa shape index (κ3) is 2.12. The first-order valence-electron chi connectivity index (χ1n) is 6.02. The van der Waals surface area contributed by atoms with Gasteiger partial charge in [-0.25, -0.2) is 4.68 Å². The molecule has 1 atom stereocenters. The third-order valence-corrected chi connectivity index (χ3v) is 4.16. The van der Waals surface area contributed by atoms with Crippen LogP contribution in [-0.2, 0) is 10.3 Å². The van der Waals surface area contributed by atoms with Crippen molar-refractivity contribution in [1.29, 1.82) is 0 Å². The number of hydrogen-bond donors (Lipinski definition) is 1. The first-order valence-corrected chi connectivity index (χ1v) is 6.81. The lowest BCUT2D eigenvalue weighted by Gasteiger charge is -2.22. The number of nitrogen functional groups attached to an aromatic ring is 1. The minimum Gasteiger partial charge on any atom is -0.398 e. The van der Waals surface area contributed by atoms with E-state index in [4.69, 9.17) is 10.5 Å². The van der Waals surface area contributed by atoms with Gasteiger partial charge in [0, 0.05) is 22.3 Å². The zero-order valence-corrected chi connectivity index (χ0v) is 12.1. The van der Waals surface area contributed by atoms with E-state index in [2.05, 4.69) is 38.4 Å². The summed E-state index contributed by atoms with van der Waals surface area (Å²) in [5.74, 6) is 0.715. The van der Waals surface area contributed by atoms with Crippen LogP contribution >= 0.6 is 15.9 Å². The van der Waals surface area contributed by atoms with Crippen molar-refractivity contribution in [2.24, 2.45) is 0 Å². The highest BCUT2D eigenvalue weighted by atomic mass is 79.9. The van der Waals surface area contributed by atoms with Crippen LogP contribution in [0.25, 0.3) is 11.4 Å². The summed E-state index contributed by atoms with van der Waals surface area (Å²) < 4.78 is 8.17. The molecule has 2 aromatic rings. The molecule has 6 nitrogen and oxygen atoms in total. The van der Waals surface area contributed by atoms with Gasteiger partial charge in [0.25, 0.3) is 0 Å². The van der Waals surface area contributed by atoms with Gasteiger partial charge in [0.2, 0.25) is 0 Å². The lowest BCUT2D eigenvalue weighted by molar-refractivity contribution is 0.155. The maximum Gasteiger partial charge on any atom is 0.182 e. The third-order valence-electron chi connectivity index (χ3n) is 3.43. The van der Waals surface area contributed by atoms with Crippen molar-refractivity contribution in [3.05, 3.63) is 22.7 Å². The number of nitrogens with zero attached hydrogens (tertiary/aromatic N) is 4. The highest BCUT2D eigenvalue weighted by Gasteiger charge is 2.35. The molecule has 1 unspecified atom stereocenters. The van der Waals surface area contributed by atoms with Crippen molar-refractivity contribution in [3.63, 3.8) is 0 Å². The predicted molar refractivity (Wildman–Crippen MR) is 74.4 cm³/mol. The molecule has 0 aliphatic carbocycles. The lowest BCUT2D eigenvalue weighted by Crippen LogP contribution is -2.32. The van der Waals surface area contributed by atoms with Gasteiger partial charge in [-0.05, 0) is 57.9 Å². The second-order valence-corrected chi connectivity index (χ2v) is 5.80. The summed E-state index contributed by atoms with van der Waals surface area (Å²) in [5, 5.41) is 12.0. The Morgan fingerprint density at radius 2 is 2.32 bits per heavy atom. The summed E-state index contributed by atoms with van der Waals surface area (Å²) in [4.78, 5) is 0. The molecule has 1 aromatic heterocycles. The number of anilines is 1. The smallest absolute Gasteiger partial charge is 0.182 e. The maximum atomic E-state index is 5.91. The van der Waals surface area contributed by atoms with Gasteiger partial charge in [-0.2, -0.15) is 0 Å². The molecule has 7 heteroatoms. The van der Waals surface area contributed by atoms with E-state index in [1.54, 1.807) is 0 Å². The van der Waals surface area contributed by atoms with E-state index in [0.717, 1.165) is 23.1 Å². The molecule has 0 radical (unpaired) electrons. The molecule has 0 spiro atoms. The molecule has 1 fully saturated rings. The number of rotatable bonds is 2. The van der Waals surface area contributed by atoms with Crippen LogP contribution in [0.15, 0.2) is 22.7 Å². The predicted octanol–water partition coefficient (Wildman–Crippen LogP) is 1.82. The number of aromatic nitrogens is 4. The van der Waals surface area contributed by atoms with Gasteiger partial charge >= 0.3 is 0 Å². The van der Waals surface area contributed by atoms with Crippen LogP contribution in [0.2, 0.25) is 0 Å². The fraction of sp³-hybridized carbons (Fsp3) is 0.417. The average Bonchev–Trinajstić information content (AvgIpc) is 3.02. The molecular weight excluding hydrogens is 310 g/mol. The van der Waals surface area contributed by atoms with Crippen LogP contribution in [0.4, 0.5) is 5.69 Å². The Morgan fingerprint density at radius 3 is 3.00 bits per heavy atom. The number of tetrazole rings is 1. The summed E-state index contributed by atoms with van der Waals surface area (Å²) >= 11 is 3.38. The monoisotopic (exact) mass is 323 g/mol. The molecule has 1 saturated heterocycles. The molecule has 0 saturated carbocycles. The average molecular weight is 324 g/mol. The van der Waals surface area contributed by atoms with Crippen molar-refractivity contribution in [1.82, 2.24) is 20.2 Å². The molecule has 100 valence electrons. The largest absolute Gasteiger partial charge is 0.398 e. The van der Waals surface area contributed by atoms with Crippen LogP contribution in [0.5, 0.6) is 0 Å². The second-order valence-electron chi connectivity index (χ2n) is 4.95. The van der Waals surface area contributed by atoms with Crippen LogP contribution in [-0.4, -0.2) is 33.4 Å². The Hall–Kier alpha value is -1.47. The molecule has 1 aliphatic heterocycles. The summed E-state index contributed by atoms with van der Waals surface area (Å²) in [6.45, 7) is 3.46. The number of ether oxygens (including phenoxy) is 1. The molecule has 2 heterocycles. The maximum absolute atomic E-state index is 5.91. The number of hydrogen-bond acceptors (Lipinski definition) is 5. The molecular formula is C12H14BrN5O. The summed E-state index contributed by atoms with van der Waals surface area (Å²) in [5.41, 5.74) is 7.29. The zero-order valence-electron chi connectivity index (χ0n) is 10.5. The zero-order chi connectivity index (χ0) is 13.5. The van der Waals surface area contributed by atoms with E-state index in [0.29, 0.717) is 18.1 Å². The van der Waals surface area contributed by atoms with Gasteiger partial charge < -0.3 is 10.5 Å². The molecule has 0 bridgehead atoms. The molecule has 1 aromatic carbocycles. The van der Waals surface area contributed by atoms with Crippen molar-refractivity contribution in [3.8, 4) is 11.4 Å². The van der Waals surface area contributed by atoms with Gasteiger partial charge in [0.15, 0.2) is 5.82 Å². The number of halogens is 1. The molecule has 19 heavy (non-hydrogen) atoms. The Kier molecular flexibility index (Phi) is 3.02. The van der Waals surface area contributed by atoms with E-state index in [1.165, 1.54) is 0 Å². The van der Waals surface area contributed by atoms with Crippen molar-refractivity contribution in [2.45, 2.75) is 18.9 Å². The molecule has 3 rings (SSSR count). The van der Waals surface area contributed by atoms with Crippen molar-refractivity contribution in [2.75, 3.05) is 18.9 Å². The lowest BCUT2D eigenvalue weighted by atomic mass is 10.0. The standard InChI is InChI=1S/C12H14BrN5O/c1-12(4-5-19-7-12)18-11(15-16-17-18)8-2-3-9(13)10(14)6-8/h2-3,6H,4-5,7,14H2,1H3. The van der Waals surface area contributed by atoms with Gasteiger partial charge in [-0.1, -0.05) is 0 Å². The summed E-state index contributed by atoms with van der Waals surface area (Å²) in [7, 11) is 0. The van der Waals surface area contributed by atoms with Gasteiger partial charge in [0.05, 0.1) is 12.1 Å². The SMILES string of the molecule is CC1(n2nnnc2-c2ccc(Br)c(N)c2)CCOC1. The molecule has 2 N–H and O–H groups in total. The minimum atomic E-state index is -0.194. The second kappa shape index (κ2) is 4.57. The van der Waals surface area contributed by atoms with Crippen LogP contribution in [0, 0.1) is 0 Å². The van der Waals surface area contributed by atoms with Gasteiger partial charge in [-0.15, -0.1) is 5.10 Å². The van der Waals surface area contributed by atoms with Crippen LogP contribution in [0.3, 0.4) is 0 Å². The Bertz CT molecular complexity index is 606. The van der Waals surface area contributed by atoms with E-state index in [9.17, 15) is 0 Å². The van der Waals surface area contributed by atoms with E-state index < -0.39 is 0 Å².